The second-order valence-corrected chi connectivity index (χ2v) is 7.52. The van der Waals surface area contributed by atoms with Crippen molar-refractivity contribution in [1.82, 2.24) is 25.1 Å². The highest BCUT2D eigenvalue weighted by atomic mass is 79.9. The lowest BCUT2D eigenvalue weighted by Crippen LogP contribution is -2.29. The monoisotopic (exact) mass is 544 g/mol. The van der Waals surface area contributed by atoms with E-state index in [2.05, 4.69) is 41.1 Å². The molecule has 2 aromatic heterocycles. The minimum Gasteiger partial charge on any atom is -0.488 e. The number of rotatable bonds is 7. The largest absolute Gasteiger partial charge is 0.488 e. The Balaban J connectivity index is 1.88. The summed E-state index contributed by atoms with van der Waals surface area (Å²) in [5.41, 5.74) is -1.38. The van der Waals surface area contributed by atoms with Gasteiger partial charge in [0, 0.05) is 11.8 Å². The van der Waals surface area contributed by atoms with Crippen molar-refractivity contribution >= 4 is 21.8 Å². The van der Waals surface area contributed by atoms with Crippen molar-refractivity contribution in [1.29, 1.82) is 5.26 Å². The molecule has 0 aliphatic carbocycles. The number of halogens is 6. The molecule has 0 bridgehead atoms. The summed E-state index contributed by atoms with van der Waals surface area (Å²) in [7, 11) is 0. The second kappa shape index (κ2) is 10.1. The number of hydrogen-bond donors (Lipinski definition) is 1. The molecule has 34 heavy (non-hydrogen) atoms. The molecule has 3 aromatic rings. The van der Waals surface area contributed by atoms with Gasteiger partial charge in [-0.1, -0.05) is 0 Å². The Hall–Kier alpha value is -3.60. The zero-order valence-electron chi connectivity index (χ0n) is 17.1. The first-order valence-electron chi connectivity index (χ1n) is 9.41. The van der Waals surface area contributed by atoms with Crippen LogP contribution in [0.3, 0.4) is 0 Å². The van der Waals surface area contributed by atoms with Crippen LogP contribution in [0.1, 0.15) is 40.3 Å². The van der Waals surface area contributed by atoms with Crippen molar-refractivity contribution in [2.45, 2.75) is 25.6 Å². The van der Waals surface area contributed by atoms with Crippen LogP contribution < -0.4 is 10.1 Å². The number of aromatic nitrogens is 4. The summed E-state index contributed by atoms with van der Waals surface area (Å²) in [5, 5.41) is 15.5. The van der Waals surface area contributed by atoms with E-state index in [0.717, 1.165) is 6.07 Å². The van der Waals surface area contributed by atoms with Crippen molar-refractivity contribution in [3.8, 4) is 17.6 Å². The topological polar surface area (TPSA) is 106 Å². The number of carbonyl (C=O) groups is 1. The van der Waals surface area contributed by atoms with Gasteiger partial charge in [0.2, 0.25) is 4.73 Å². The van der Waals surface area contributed by atoms with E-state index in [-0.39, 0.29) is 16.4 Å². The fourth-order valence-corrected chi connectivity index (χ4v) is 3.15. The van der Waals surface area contributed by atoms with Gasteiger partial charge in [-0.05, 0) is 53.2 Å². The molecule has 1 atom stereocenters. The number of benzene rings is 1. The molecule has 8 nitrogen and oxygen atoms in total. The first-order chi connectivity index (χ1) is 16.0. The number of amides is 1. The maximum absolute atomic E-state index is 13.2. The molecule has 0 saturated heterocycles. The van der Waals surface area contributed by atoms with Gasteiger partial charge >= 0.3 is 6.18 Å². The summed E-state index contributed by atoms with van der Waals surface area (Å²) in [6.45, 7) is 0.379. The zero-order chi connectivity index (χ0) is 25.0. The molecule has 3 rings (SSSR count). The van der Waals surface area contributed by atoms with Crippen molar-refractivity contribution < 1.29 is 31.5 Å². The van der Waals surface area contributed by atoms with Gasteiger partial charge in [-0.25, -0.2) is 18.7 Å². The van der Waals surface area contributed by atoms with Crippen molar-refractivity contribution in [3.05, 3.63) is 63.8 Å². The SMILES string of the molecule is CC(NC(=O)c1cc(OCC(F)F)cc(C(F)(F)F)c1)c1nc(Br)nn1-c1ccc(C#N)cn1. The zero-order valence-corrected chi connectivity index (χ0v) is 18.7. The third kappa shape index (κ3) is 6.04. The van der Waals surface area contributed by atoms with Gasteiger partial charge in [0.1, 0.15) is 18.4 Å². The van der Waals surface area contributed by atoms with Crippen molar-refractivity contribution in [2.24, 2.45) is 0 Å². The molecule has 0 saturated carbocycles. The lowest BCUT2D eigenvalue weighted by Gasteiger charge is -2.16. The van der Waals surface area contributed by atoms with Gasteiger partial charge in [-0.2, -0.15) is 23.1 Å². The summed E-state index contributed by atoms with van der Waals surface area (Å²) in [5.74, 6) is -1.01. The maximum atomic E-state index is 13.2. The van der Waals surface area contributed by atoms with Crippen LogP contribution in [-0.2, 0) is 6.18 Å². The number of nitrogens with zero attached hydrogens (tertiary/aromatic N) is 5. The Morgan fingerprint density at radius 2 is 2.03 bits per heavy atom. The van der Waals surface area contributed by atoms with E-state index in [1.165, 1.54) is 29.9 Å². The number of pyridine rings is 1. The molecule has 0 fully saturated rings. The molecule has 14 heteroatoms. The smallest absolute Gasteiger partial charge is 0.416 e. The molecule has 178 valence electrons. The van der Waals surface area contributed by atoms with Crippen LogP contribution in [0.5, 0.6) is 5.75 Å². The van der Waals surface area contributed by atoms with E-state index < -0.39 is 48.0 Å². The van der Waals surface area contributed by atoms with E-state index in [0.29, 0.717) is 17.7 Å². The van der Waals surface area contributed by atoms with Crippen LogP contribution in [0.2, 0.25) is 0 Å². The first kappa shape index (κ1) is 25.0. The lowest BCUT2D eigenvalue weighted by atomic mass is 10.1. The third-order valence-corrected chi connectivity index (χ3v) is 4.64. The Morgan fingerprint density at radius 1 is 1.29 bits per heavy atom. The number of hydrogen-bond acceptors (Lipinski definition) is 6. The van der Waals surface area contributed by atoms with Crippen molar-refractivity contribution in [3.63, 3.8) is 0 Å². The maximum Gasteiger partial charge on any atom is 0.416 e. The molecule has 0 spiro atoms. The van der Waals surface area contributed by atoms with Gasteiger partial charge in [0.05, 0.1) is 17.2 Å². The molecule has 0 aliphatic rings. The summed E-state index contributed by atoms with van der Waals surface area (Å²) >= 11 is 3.12. The summed E-state index contributed by atoms with van der Waals surface area (Å²) in [6, 6.07) is 6.09. The fraction of sp³-hybridized carbons (Fsp3) is 0.250. The quantitative estimate of drug-likeness (QED) is 0.440. The predicted octanol–water partition coefficient (Wildman–Crippen LogP) is 4.45. The van der Waals surface area contributed by atoms with Crippen LogP contribution in [0.25, 0.3) is 5.82 Å². The Kier molecular flexibility index (Phi) is 7.45. The first-order valence-corrected chi connectivity index (χ1v) is 10.2. The molecule has 0 aliphatic heterocycles. The number of nitriles is 1. The highest BCUT2D eigenvalue weighted by Crippen LogP contribution is 2.33. The van der Waals surface area contributed by atoms with Gasteiger partial charge in [0.15, 0.2) is 11.6 Å². The third-order valence-electron chi connectivity index (χ3n) is 4.31. The number of alkyl halides is 5. The van der Waals surface area contributed by atoms with Crippen LogP contribution in [-0.4, -0.2) is 38.7 Å². The Morgan fingerprint density at radius 3 is 2.62 bits per heavy atom. The molecular formula is C20H14BrF5N6O2. The predicted molar refractivity (Wildman–Crippen MR) is 110 cm³/mol. The summed E-state index contributed by atoms with van der Waals surface area (Å²) < 4.78 is 70.7. The standard InChI is InChI=1S/C20H14BrF5N6O2/c1-10(17-30-19(21)31-32(17)16-3-2-11(7-27)8-28-16)29-18(33)12-4-13(20(24,25)26)6-14(5-12)34-9-15(22)23/h2-6,8,10,15H,9H2,1H3,(H,29,33). The van der Waals surface area contributed by atoms with E-state index >= 15 is 0 Å². The highest BCUT2D eigenvalue weighted by molar-refractivity contribution is 9.10. The fourth-order valence-electron chi connectivity index (χ4n) is 2.81. The number of ether oxygens (including phenoxy) is 1. The molecule has 1 amide bonds. The van der Waals surface area contributed by atoms with E-state index in [9.17, 15) is 26.7 Å². The van der Waals surface area contributed by atoms with Crippen molar-refractivity contribution in [2.75, 3.05) is 6.61 Å². The number of nitrogens with one attached hydrogen (secondary N) is 1. The van der Waals surface area contributed by atoms with Crippen LogP contribution in [0, 0.1) is 11.3 Å². The minimum absolute atomic E-state index is 0.150. The molecule has 1 N–H and O–H groups in total. The molecule has 0 radical (unpaired) electrons. The van der Waals surface area contributed by atoms with Crippen LogP contribution >= 0.6 is 15.9 Å². The van der Waals surface area contributed by atoms with Crippen LogP contribution in [0.4, 0.5) is 22.0 Å². The number of carbonyl (C=O) groups excluding carboxylic acids is 1. The van der Waals surface area contributed by atoms with Crippen LogP contribution in [0.15, 0.2) is 41.3 Å². The van der Waals surface area contributed by atoms with E-state index in [4.69, 9.17) is 5.26 Å². The minimum atomic E-state index is -4.84. The highest BCUT2D eigenvalue weighted by Gasteiger charge is 2.32. The van der Waals surface area contributed by atoms with Gasteiger partial charge in [0.25, 0.3) is 12.3 Å². The normalized spacial score (nSPS) is 12.3. The average Bonchev–Trinajstić information content (AvgIpc) is 3.18. The van der Waals surface area contributed by atoms with Gasteiger partial charge in [-0.3, -0.25) is 4.79 Å². The average molecular weight is 545 g/mol. The molecule has 1 unspecified atom stereocenters. The van der Waals surface area contributed by atoms with Gasteiger partial charge in [-0.15, -0.1) is 5.10 Å². The van der Waals surface area contributed by atoms with E-state index in [1.807, 2.05) is 6.07 Å². The Labute approximate surface area is 197 Å². The Bertz CT molecular complexity index is 1220. The summed E-state index contributed by atoms with van der Waals surface area (Å²) in [4.78, 5) is 21.0. The lowest BCUT2D eigenvalue weighted by molar-refractivity contribution is -0.137. The molecule has 2 heterocycles. The molecular weight excluding hydrogens is 531 g/mol. The van der Waals surface area contributed by atoms with E-state index in [1.54, 1.807) is 0 Å². The van der Waals surface area contributed by atoms with Gasteiger partial charge < -0.3 is 10.1 Å². The summed E-state index contributed by atoms with van der Waals surface area (Å²) in [6.07, 6.45) is -6.44. The second-order valence-electron chi connectivity index (χ2n) is 6.81. The molecule has 1 aromatic carbocycles.